The second-order valence-electron chi connectivity index (χ2n) is 9.82. The number of aromatic nitrogens is 3. The number of thiol groups is 1. The Bertz CT molecular complexity index is 1190. The normalized spacial score (nSPS) is 11.9. The Labute approximate surface area is 218 Å². The van der Waals surface area contributed by atoms with Crippen molar-refractivity contribution in [3.8, 4) is 0 Å². The standard InChI is InChI=1S/C27H39N5O3S/c1-4-35-17-22-30-24-25(20-12-9-10-13-21(20)29-26(24)28)32(22)18-27(2,3)31-23(34)14-8-6-5-7-11-19(33)15-16-36/h9-10,12-13,36H,4-8,11,14-18H2,1-3H3,(H2,28,29)(H,31,34). The van der Waals surface area contributed by atoms with E-state index in [4.69, 9.17) is 15.5 Å². The monoisotopic (exact) mass is 513 g/mol. The zero-order valence-electron chi connectivity index (χ0n) is 21.7. The Hall–Kier alpha value is -2.65. The molecule has 8 nitrogen and oxygen atoms in total. The summed E-state index contributed by atoms with van der Waals surface area (Å²) in [6, 6.07) is 7.87. The number of ketones is 1. The zero-order chi connectivity index (χ0) is 26.1. The molecule has 9 heteroatoms. The van der Waals surface area contributed by atoms with Crippen LogP contribution in [-0.2, 0) is 27.5 Å². The van der Waals surface area contributed by atoms with Crippen LogP contribution in [0.1, 0.15) is 71.5 Å². The number of benzene rings is 1. The smallest absolute Gasteiger partial charge is 0.220 e. The number of imidazole rings is 1. The molecule has 0 radical (unpaired) electrons. The number of unbranched alkanes of at least 4 members (excludes halogenated alkanes) is 3. The highest BCUT2D eigenvalue weighted by Gasteiger charge is 2.26. The molecule has 0 saturated carbocycles. The molecule has 0 unspecified atom stereocenters. The summed E-state index contributed by atoms with van der Waals surface area (Å²) in [5, 5.41) is 4.16. The first kappa shape index (κ1) is 27.9. The first-order chi connectivity index (χ1) is 17.3. The number of nitrogen functional groups attached to an aromatic ring is 1. The fraction of sp³-hybridized carbons (Fsp3) is 0.556. The number of carbonyl (C=O) groups excluding carboxylic acids is 2. The van der Waals surface area contributed by atoms with E-state index >= 15 is 0 Å². The lowest BCUT2D eigenvalue weighted by atomic mass is 10.0. The molecule has 0 fully saturated rings. The summed E-state index contributed by atoms with van der Waals surface area (Å²) < 4.78 is 7.80. The molecule has 2 aromatic heterocycles. The number of hydrogen-bond donors (Lipinski definition) is 3. The predicted molar refractivity (Wildman–Crippen MR) is 148 cm³/mol. The topological polar surface area (TPSA) is 112 Å². The van der Waals surface area contributed by atoms with E-state index in [2.05, 4.69) is 27.5 Å². The van der Waals surface area contributed by atoms with Gasteiger partial charge in [-0.3, -0.25) is 9.59 Å². The number of fused-ring (bicyclic) bond motifs is 3. The average molecular weight is 514 g/mol. The van der Waals surface area contributed by atoms with Gasteiger partial charge in [-0.1, -0.05) is 31.0 Å². The first-order valence-corrected chi connectivity index (χ1v) is 13.4. The number of amides is 1. The highest BCUT2D eigenvalue weighted by Crippen LogP contribution is 2.30. The Balaban J connectivity index is 1.68. The van der Waals surface area contributed by atoms with Gasteiger partial charge in [0, 0.05) is 37.8 Å². The number of anilines is 1. The molecule has 1 amide bonds. The SMILES string of the molecule is CCOCc1nc2c(N)nc3ccccc3c2n1CC(C)(C)NC(=O)CCCCCCC(=O)CCS. The van der Waals surface area contributed by atoms with Crippen LogP contribution in [0.25, 0.3) is 21.9 Å². The third kappa shape index (κ3) is 7.43. The van der Waals surface area contributed by atoms with E-state index in [1.54, 1.807) is 0 Å². The van der Waals surface area contributed by atoms with E-state index in [9.17, 15) is 9.59 Å². The lowest BCUT2D eigenvalue weighted by Gasteiger charge is -2.28. The van der Waals surface area contributed by atoms with Crippen LogP contribution >= 0.6 is 12.6 Å². The van der Waals surface area contributed by atoms with Crippen LogP contribution in [0, 0.1) is 0 Å². The van der Waals surface area contributed by atoms with Gasteiger partial charge in [-0.2, -0.15) is 12.6 Å². The minimum absolute atomic E-state index is 0.0213. The minimum atomic E-state index is -0.524. The highest BCUT2D eigenvalue weighted by molar-refractivity contribution is 7.80. The Morgan fingerprint density at radius 1 is 1.08 bits per heavy atom. The molecular weight excluding hydrogens is 474 g/mol. The van der Waals surface area contributed by atoms with Crippen LogP contribution in [-0.4, -0.2) is 44.1 Å². The second kappa shape index (κ2) is 13.1. The van der Waals surface area contributed by atoms with E-state index in [-0.39, 0.29) is 11.7 Å². The van der Waals surface area contributed by atoms with Crippen molar-refractivity contribution in [2.45, 2.75) is 84.4 Å². The molecule has 0 bridgehead atoms. The van der Waals surface area contributed by atoms with Crippen molar-refractivity contribution in [1.29, 1.82) is 0 Å². The zero-order valence-corrected chi connectivity index (χ0v) is 22.6. The first-order valence-electron chi connectivity index (χ1n) is 12.8. The van der Waals surface area contributed by atoms with Gasteiger partial charge in [-0.25, -0.2) is 9.97 Å². The van der Waals surface area contributed by atoms with E-state index in [1.165, 1.54) is 0 Å². The number of ether oxygens (including phenoxy) is 1. The summed E-state index contributed by atoms with van der Waals surface area (Å²) in [7, 11) is 0. The van der Waals surface area contributed by atoms with E-state index in [0.717, 1.165) is 47.9 Å². The van der Waals surface area contributed by atoms with Gasteiger partial charge in [0.2, 0.25) is 5.91 Å². The van der Waals surface area contributed by atoms with Crippen molar-refractivity contribution < 1.29 is 14.3 Å². The highest BCUT2D eigenvalue weighted by atomic mass is 32.1. The van der Waals surface area contributed by atoms with Crippen molar-refractivity contribution >= 4 is 52.1 Å². The average Bonchev–Trinajstić information content (AvgIpc) is 3.18. The van der Waals surface area contributed by atoms with Crippen molar-refractivity contribution in [2.75, 3.05) is 18.1 Å². The molecule has 196 valence electrons. The van der Waals surface area contributed by atoms with Crippen LogP contribution in [0.4, 0.5) is 5.82 Å². The molecule has 0 saturated heterocycles. The summed E-state index contributed by atoms with van der Waals surface area (Å²) in [5.41, 5.74) is 8.12. The van der Waals surface area contributed by atoms with Crippen molar-refractivity contribution in [1.82, 2.24) is 19.9 Å². The Morgan fingerprint density at radius 3 is 2.53 bits per heavy atom. The number of hydrogen-bond acceptors (Lipinski definition) is 7. The maximum atomic E-state index is 12.7. The third-order valence-electron chi connectivity index (χ3n) is 6.16. The van der Waals surface area contributed by atoms with Crippen molar-refractivity contribution in [3.05, 3.63) is 30.1 Å². The van der Waals surface area contributed by atoms with E-state index < -0.39 is 5.54 Å². The van der Waals surface area contributed by atoms with Gasteiger partial charge in [-0.05, 0) is 45.4 Å². The largest absolute Gasteiger partial charge is 0.382 e. The van der Waals surface area contributed by atoms with Crippen molar-refractivity contribution in [3.63, 3.8) is 0 Å². The number of para-hydroxylation sites is 1. The van der Waals surface area contributed by atoms with Crippen LogP contribution < -0.4 is 11.1 Å². The maximum absolute atomic E-state index is 12.7. The van der Waals surface area contributed by atoms with Gasteiger partial charge in [0.25, 0.3) is 0 Å². The summed E-state index contributed by atoms with van der Waals surface area (Å²) in [6.07, 6.45) is 5.19. The molecule has 0 spiro atoms. The summed E-state index contributed by atoms with van der Waals surface area (Å²) in [5.74, 6) is 2.04. The molecule has 3 rings (SSSR count). The second-order valence-corrected chi connectivity index (χ2v) is 10.3. The van der Waals surface area contributed by atoms with Crippen LogP contribution in [0.15, 0.2) is 24.3 Å². The molecular formula is C27H39N5O3S. The van der Waals surface area contributed by atoms with Gasteiger partial charge in [0.15, 0.2) is 5.82 Å². The predicted octanol–water partition coefficient (Wildman–Crippen LogP) is 4.83. The number of carbonyl (C=O) groups is 2. The number of rotatable bonds is 15. The summed E-state index contributed by atoms with van der Waals surface area (Å²) in [6.45, 7) is 7.41. The van der Waals surface area contributed by atoms with Gasteiger partial charge in [0.1, 0.15) is 23.7 Å². The van der Waals surface area contributed by atoms with Crippen molar-refractivity contribution in [2.24, 2.45) is 0 Å². The molecule has 2 heterocycles. The van der Waals surface area contributed by atoms with Gasteiger partial charge >= 0.3 is 0 Å². The van der Waals surface area contributed by atoms with Crippen LogP contribution in [0.3, 0.4) is 0 Å². The molecule has 0 aliphatic rings. The summed E-state index contributed by atoms with van der Waals surface area (Å²) in [4.78, 5) is 33.6. The Kier molecular flexibility index (Phi) is 10.1. The number of nitrogens with zero attached hydrogens (tertiary/aromatic N) is 3. The van der Waals surface area contributed by atoms with Crippen LogP contribution in [0.5, 0.6) is 0 Å². The fourth-order valence-electron chi connectivity index (χ4n) is 4.46. The van der Waals surface area contributed by atoms with Crippen LogP contribution in [0.2, 0.25) is 0 Å². The van der Waals surface area contributed by atoms with E-state index in [0.29, 0.717) is 56.1 Å². The quantitative estimate of drug-likeness (QED) is 0.198. The molecule has 36 heavy (non-hydrogen) atoms. The number of Topliss-reactive ketones (excluding diaryl/α,β-unsaturated/α-hetero) is 1. The van der Waals surface area contributed by atoms with Gasteiger partial charge in [-0.15, -0.1) is 0 Å². The molecule has 3 aromatic rings. The lowest BCUT2D eigenvalue weighted by Crippen LogP contribution is -2.46. The minimum Gasteiger partial charge on any atom is -0.382 e. The molecule has 1 aromatic carbocycles. The summed E-state index contributed by atoms with van der Waals surface area (Å²) >= 11 is 4.10. The Morgan fingerprint density at radius 2 is 1.81 bits per heavy atom. The number of pyridine rings is 1. The molecule has 0 aliphatic heterocycles. The molecule has 3 N–H and O–H groups in total. The molecule has 0 aliphatic carbocycles. The van der Waals surface area contributed by atoms with Gasteiger partial charge < -0.3 is 20.4 Å². The fourth-order valence-corrected chi connectivity index (χ4v) is 4.71. The third-order valence-corrected chi connectivity index (χ3v) is 6.38. The maximum Gasteiger partial charge on any atom is 0.220 e. The molecule has 0 atom stereocenters. The number of nitrogens with one attached hydrogen (secondary N) is 1. The lowest BCUT2D eigenvalue weighted by molar-refractivity contribution is -0.123. The number of nitrogens with two attached hydrogens (primary N) is 1. The van der Waals surface area contributed by atoms with E-state index in [1.807, 2.05) is 45.0 Å². The van der Waals surface area contributed by atoms with Gasteiger partial charge in [0.05, 0.1) is 16.6 Å².